The molecule has 3 heteroatoms. The van der Waals surface area contributed by atoms with Gasteiger partial charge >= 0.3 is 0 Å². The summed E-state index contributed by atoms with van der Waals surface area (Å²) in [6.07, 6.45) is 2.30. The summed E-state index contributed by atoms with van der Waals surface area (Å²) >= 11 is 2.35. The Balaban J connectivity index is 2.33. The van der Waals surface area contributed by atoms with Gasteiger partial charge in [-0.3, -0.25) is 0 Å². The molecule has 1 N–H and O–H groups in total. The van der Waals surface area contributed by atoms with Gasteiger partial charge in [0.1, 0.15) is 5.75 Å². The van der Waals surface area contributed by atoms with Crippen LogP contribution in [-0.4, -0.2) is 13.2 Å². The van der Waals surface area contributed by atoms with Gasteiger partial charge in [0, 0.05) is 15.2 Å². The van der Waals surface area contributed by atoms with Crippen LogP contribution in [0.25, 0.3) is 0 Å². The van der Waals surface area contributed by atoms with Gasteiger partial charge in [-0.2, -0.15) is 0 Å². The van der Waals surface area contributed by atoms with E-state index < -0.39 is 0 Å². The lowest BCUT2D eigenvalue weighted by atomic mass is 10.0. The van der Waals surface area contributed by atoms with E-state index in [0.717, 1.165) is 25.3 Å². The maximum atomic E-state index is 5.74. The molecule has 82 valence electrons. The zero-order valence-corrected chi connectivity index (χ0v) is 11.1. The largest absolute Gasteiger partial charge is 0.493 e. The SMILES string of the molecule is CCNC1CCCOc2ccc(I)cc21. The van der Waals surface area contributed by atoms with Gasteiger partial charge in [-0.15, -0.1) is 0 Å². The molecule has 1 unspecified atom stereocenters. The van der Waals surface area contributed by atoms with Crippen LogP contribution >= 0.6 is 22.6 Å². The number of halogens is 1. The zero-order chi connectivity index (χ0) is 10.7. The maximum Gasteiger partial charge on any atom is 0.124 e. The van der Waals surface area contributed by atoms with Crippen LogP contribution in [-0.2, 0) is 0 Å². The van der Waals surface area contributed by atoms with Crippen LogP contribution in [0.15, 0.2) is 18.2 Å². The van der Waals surface area contributed by atoms with Crippen molar-refractivity contribution in [3.05, 3.63) is 27.3 Å². The van der Waals surface area contributed by atoms with Crippen molar-refractivity contribution in [2.24, 2.45) is 0 Å². The molecule has 0 saturated heterocycles. The summed E-state index contributed by atoms with van der Waals surface area (Å²) in [5.74, 6) is 1.05. The molecule has 1 aromatic rings. The fourth-order valence-corrected chi connectivity index (χ4v) is 2.52. The van der Waals surface area contributed by atoms with Gasteiger partial charge in [0.15, 0.2) is 0 Å². The summed E-state index contributed by atoms with van der Waals surface area (Å²) in [5, 5.41) is 3.52. The first-order chi connectivity index (χ1) is 7.31. The third kappa shape index (κ3) is 2.64. The Morgan fingerprint density at radius 2 is 2.40 bits per heavy atom. The van der Waals surface area contributed by atoms with E-state index in [1.165, 1.54) is 15.6 Å². The molecule has 1 aliphatic rings. The molecule has 0 aromatic heterocycles. The first kappa shape index (κ1) is 11.2. The van der Waals surface area contributed by atoms with Gasteiger partial charge in [-0.1, -0.05) is 6.92 Å². The highest BCUT2D eigenvalue weighted by atomic mass is 127. The lowest BCUT2D eigenvalue weighted by Gasteiger charge is -2.17. The number of benzene rings is 1. The van der Waals surface area contributed by atoms with E-state index in [1.54, 1.807) is 0 Å². The average molecular weight is 317 g/mol. The topological polar surface area (TPSA) is 21.3 Å². The van der Waals surface area contributed by atoms with Gasteiger partial charge in [-0.25, -0.2) is 0 Å². The summed E-state index contributed by atoms with van der Waals surface area (Å²) in [4.78, 5) is 0. The highest BCUT2D eigenvalue weighted by Gasteiger charge is 2.18. The van der Waals surface area contributed by atoms with Crippen molar-refractivity contribution in [2.45, 2.75) is 25.8 Å². The predicted molar refractivity (Wildman–Crippen MR) is 70.3 cm³/mol. The number of ether oxygens (including phenoxy) is 1. The molecule has 1 aromatic carbocycles. The third-order valence-corrected chi connectivity index (χ3v) is 3.36. The Bertz CT molecular complexity index is 340. The highest BCUT2D eigenvalue weighted by Crippen LogP contribution is 2.32. The molecular formula is C12H16INO. The molecule has 1 aliphatic heterocycles. The summed E-state index contributed by atoms with van der Waals surface area (Å²) < 4.78 is 7.01. The van der Waals surface area contributed by atoms with Gasteiger partial charge in [0.05, 0.1) is 6.61 Å². The second-order valence-electron chi connectivity index (χ2n) is 3.78. The van der Waals surface area contributed by atoms with E-state index in [9.17, 15) is 0 Å². The molecule has 0 radical (unpaired) electrons. The molecule has 2 nitrogen and oxygen atoms in total. The van der Waals surface area contributed by atoms with Crippen LogP contribution in [0.1, 0.15) is 31.4 Å². The van der Waals surface area contributed by atoms with Crippen molar-refractivity contribution >= 4 is 22.6 Å². The van der Waals surface area contributed by atoms with Crippen molar-refractivity contribution in [2.75, 3.05) is 13.2 Å². The van der Waals surface area contributed by atoms with Crippen molar-refractivity contribution in [3.8, 4) is 5.75 Å². The fourth-order valence-electron chi connectivity index (χ4n) is 2.01. The van der Waals surface area contributed by atoms with Crippen LogP contribution in [0.3, 0.4) is 0 Å². The Labute approximate surface area is 105 Å². The summed E-state index contributed by atoms with van der Waals surface area (Å²) in [6, 6.07) is 6.89. The fraction of sp³-hybridized carbons (Fsp3) is 0.500. The zero-order valence-electron chi connectivity index (χ0n) is 8.92. The molecule has 15 heavy (non-hydrogen) atoms. The first-order valence-electron chi connectivity index (χ1n) is 5.47. The van der Waals surface area contributed by atoms with Gasteiger partial charge in [0.25, 0.3) is 0 Å². The Morgan fingerprint density at radius 3 is 3.20 bits per heavy atom. The smallest absolute Gasteiger partial charge is 0.124 e. The molecule has 0 saturated carbocycles. The second-order valence-corrected chi connectivity index (χ2v) is 5.03. The molecule has 0 fully saturated rings. The molecule has 0 aliphatic carbocycles. The molecular weight excluding hydrogens is 301 g/mol. The monoisotopic (exact) mass is 317 g/mol. The normalized spacial score (nSPS) is 20.3. The standard InChI is InChI=1S/C12H16INO/c1-2-14-11-4-3-7-15-12-6-5-9(13)8-10(11)12/h5-6,8,11,14H,2-4,7H2,1H3. The van der Waals surface area contributed by atoms with Crippen LogP contribution in [0, 0.1) is 3.57 Å². The average Bonchev–Trinajstić information content (AvgIpc) is 2.42. The van der Waals surface area contributed by atoms with Gasteiger partial charge in [-0.05, 0) is 60.2 Å². The summed E-state index contributed by atoms with van der Waals surface area (Å²) in [7, 11) is 0. The maximum absolute atomic E-state index is 5.74. The molecule has 1 atom stereocenters. The number of hydrogen-bond donors (Lipinski definition) is 1. The second kappa shape index (κ2) is 5.16. The molecule has 0 spiro atoms. The van der Waals surface area contributed by atoms with Crippen molar-refractivity contribution < 1.29 is 4.74 Å². The Morgan fingerprint density at radius 1 is 1.53 bits per heavy atom. The van der Waals surface area contributed by atoms with Crippen molar-refractivity contribution in [1.82, 2.24) is 5.32 Å². The molecule has 2 rings (SSSR count). The van der Waals surface area contributed by atoms with E-state index in [2.05, 4.69) is 53.0 Å². The lowest BCUT2D eigenvalue weighted by Crippen LogP contribution is -2.20. The minimum absolute atomic E-state index is 0.460. The van der Waals surface area contributed by atoms with Crippen LogP contribution in [0.5, 0.6) is 5.75 Å². The first-order valence-corrected chi connectivity index (χ1v) is 6.54. The van der Waals surface area contributed by atoms with Crippen molar-refractivity contribution in [3.63, 3.8) is 0 Å². The van der Waals surface area contributed by atoms with Gasteiger partial charge in [0.2, 0.25) is 0 Å². The van der Waals surface area contributed by atoms with Crippen molar-refractivity contribution in [1.29, 1.82) is 0 Å². The lowest BCUT2D eigenvalue weighted by molar-refractivity contribution is 0.315. The van der Waals surface area contributed by atoms with Crippen LogP contribution in [0.2, 0.25) is 0 Å². The minimum Gasteiger partial charge on any atom is -0.493 e. The predicted octanol–water partition coefficient (Wildman–Crippen LogP) is 3.11. The number of hydrogen-bond acceptors (Lipinski definition) is 2. The van der Waals surface area contributed by atoms with Crippen LogP contribution in [0.4, 0.5) is 0 Å². The van der Waals surface area contributed by atoms with E-state index in [-0.39, 0.29) is 0 Å². The van der Waals surface area contributed by atoms with Gasteiger partial charge < -0.3 is 10.1 Å². The number of fused-ring (bicyclic) bond motifs is 1. The van der Waals surface area contributed by atoms with E-state index in [1.807, 2.05) is 0 Å². The number of rotatable bonds is 2. The molecule has 0 bridgehead atoms. The van der Waals surface area contributed by atoms with Crippen LogP contribution < -0.4 is 10.1 Å². The Hall–Kier alpha value is -0.290. The summed E-state index contributed by atoms with van der Waals surface area (Å²) in [5.41, 5.74) is 1.32. The molecule has 1 heterocycles. The van der Waals surface area contributed by atoms with E-state index >= 15 is 0 Å². The number of nitrogens with one attached hydrogen (secondary N) is 1. The van der Waals surface area contributed by atoms with E-state index in [4.69, 9.17) is 4.74 Å². The minimum atomic E-state index is 0.460. The quantitative estimate of drug-likeness (QED) is 0.846. The third-order valence-electron chi connectivity index (χ3n) is 2.69. The Kier molecular flexibility index (Phi) is 3.86. The van der Waals surface area contributed by atoms with E-state index in [0.29, 0.717) is 6.04 Å². The molecule has 0 amide bonds. The summed E-state index contributed by atoms with van der Waals surface area (Å²) in [6.45, 7) is 4.00. The highest BCUT2D eigenvalue weighted by molar-refractivity contribution is 14.1.